The third kappa shape index (κ3) is 3.98. The number of nitrogens with one attached hydrogen (secondary N) is 2. The van der Waals surface area contributed by atoms with Crippen molar-refractivity contribution in [3.63, 3.8) is 0 Å². The van der Waals surface area contributed by atoms with E-state index < -0.39 is 0 Å². The highest BCUT2D eigenvalue weighted by Crippen LogP contribution is 2.24. The SMILES string of the molecule is CCCCCNc1nc(C)cc(Nc2cccc3cccnc23)n1. The van der Waals surface area contributed by atoms with Gasteiger partial charge in [0.2, 0.25) is 5.95 Å². The molecule has 24 heavy (non-hydrogen) atoms. The van der Waals surface area contributed by atoms with Crippen molar-refractivity contribution in [1.82, 2.24) is 15.0 Å². The number of rotatable bonds is 7. The zero-order valence-electron chi connectivity index (χ0n) is 14.2. The minimum absolute atomic E-state index is 0.668. The van der Waals surface area contributed by atoms with Crippen LogP contribution in [-0.4, -0.2) is 21.5 Å². The Labute approximate surface area is 142 Å². The summed E-state index contributed by atoms with van der Waals surface area (Å²) in [6.07, 6.45) is 5.35. The van der Waals surface area contributed by atoms with Crippen LogP contribution < -0.4 is 10.6 Å². The molecule has 0 saturated carbocycles. The molecule has 3 rings (SSSR count). The van der Waals surface area contributed by atoms with Crippen molar-refractivity contribution in [1.29, 1.82) is 0 Å². The van der Waals surface area contributed by atoms with Gasteiger partial charge in [0.15, 0.2) is 0 Å². The summed E-state index contributed by atoms with van der Waals surface area (Å²) in [7, 11) is 0. The maximum absolute atomic E-state index is 4.57. The van der Waals surface area contributed by atoms with Crippen LogP contribution in [0.3, 0.4) is 0 Å². The van der Waals surface area contributed by atoms with Crippen LogP contribution in [0.15, 0.2) is 42.6 Å². The first-order chi connectivity index (χ1) is 11.8. The molecule has 0 aliphatic rings. The van der Waals surface area contributed by atoms with Gasteiger partial charge in [-0.3, -0.25) is 4.98 Å². The van der Waals surface area contributed by atoms with E-state index in [1.54, 1.807) is 6.20 Å². The molecule has 0 aliphatic heterocycles. The van der Waals surface area contributed by atoms with Crippen molar-refractivity contribution in [2.75, 3.05) is 17.2 Å². The van der Waals surface area contributed by atoms with E-state index in [4.69, 9.17) is 0 Å². The van der Waals surface area contributed by atoms with Gasteiger partial charge in [-0.05, 0) is 25.5 Å². The van der Waals surface area contributed by atoms with Gasteiger partial charge >= 0.3 is 0 Å². The lowest BCUT2D eigenvalue weighted by molar-refractivity contribution is 0.740. The van der Waals surface area contributed by atoms with Gasteiger partial charge in [-0.25, -0.2) is 4.98 Å². The third-order valence-corrected chi connectivity index (χ3v) is 3.81. The third-order valence-electron chi connectivity index (χ3n) is 3.81. The van der Waals surface area contributed by atoms with Crippen molar-refractivity contribution in [3.8, 4) is 0 Å². The van der Waals surface area contributed by atoms with Crippen LogP contribution in [0, 0.1) is 6.92 Å². The van der Waals surface area contributed by atoms with E-state index >= 15 is 0 Å². The Bertz CT molecular complexity index is 810. The summed E-state index contributed by atoms with van der Waals surface area (Å²) in [5.74, 6) is 1.44. The molecule has 0 amide bonds. The Kier molecular flexibility index (Phi) is 5.21. The second kappa shape index (κ2) is 7.73. The summed E-state index contributed by atoms with van der Waals surface area (Å²) in [5.41, 5.74) is 2.82. The monoisotopic (exact) mass is 321 g/mol. The number of aryl methyl sites for hydroxylation is 1. The number of benzene rings is 1. The maximum Gasteiger partial charge on any atom is 0.224 e. The van der Waals surface area contributed by atoms with E-state index in [0.717, 1.165) is 41.1 Å². The van der Waals surface area contributed by atoms with Crippen LogP contribution >= 0.6 is 0 Å². The van der Waals surface area contributed by atoms with E-state index in [0.29, 0.717) is 5.95 Å². The van der Waals surface area contributed by atoms with Gasteiger partial charge in [0.1, 0.15) is 5.82 Å². The first-order valence-electron chi connectivity index (χ1n) is 8.46. The molecule has 2 aromatic heterocycles. The van der Waals surface area contributed by atoms with Gasteiger partial charge in [-0.1, -0.05) is 38.0 Å². The number of fused-ring (bicyclic) bond motifs is 1. The van der Waals surface area contributed by atoms with Crippen molar-refractivity contribution < 1.29 is 0 Å². The van der Waals surface area contributed by atoms with Crippen molar-refractivity contribution >= 4 is 28.4 Å². The van der Waals surface area contributed by atoms with Crippen LogP contribution in [0.2, 0.25) is 0 Å². The van der Waals surface area contributed by atoms with Crippen LogP contribution in [0.25, 0.3) is 10.9 Å². The van der Waals surface area contributed by atoms with E-state index in [-0.39, 0.29) is 0 Å². The molecule has 0 unspecified atom stereocenters. The Morgan fingerprint density at radius 1 is 1.04 bits per heavy atom. The summed E-state index contributed by atoms with van der Waals surface area (Å²) in [6.45, 7) is 5.07. The Morgan fingerprint density at radius 3 is 2.79 bits per heavy atom. The van der Waals surface area contributed by atoms with Crippen LogP contribution in [0.1, 0.15) is 31.9 Å². The standard InChI is InChI=1S/C19H23N5/c1-3-4-5-11-21-19-22-14(2)13-17(24-19)23-16-10-6-8-15-9-7-12-20-18(15)16/h6-10,12-13H,3-5,11H2,1-2H3,(H2,21,22,23,24). The number of nitrogens with zero attached hydrogens (tertiary/aromatic N) is 3. The molecule has 0 spiro atoms. The highest BCUT2D eigenvalue weighted by molar-refractivity contribution is 5.91. The number of hydrogen-bond donors (Lipinski definition) is 2. The van der Waals surface area contributed by atoms with E-state index in [1.165, 1.54) is 12.8 Å². The first kappa shape index (κ1) is 16.2. The Morgan fingerprint density at radius 2 is 1.92 bits per heavy atom. The normalized spacial score (nSPS) is 10.8. The number of anilines is 3. The molecule has 2 heterocycles. The summed E-state index contributed by atoms with van der Waals surface area (Å²) in [5, 5.41) is 7.78. The van der Waals surface area contributed by atoms with E-state index in [9.17, 15) is 0 Å². The predicted molar refractivity (Wildman–Crippen MR) is 99.8 cm³/mol. The molecular formula is C19H23N5. The molecule has 3 aromatic rings. The zero-order chi connectivity index (χ0) is 16.8. The van der Waals surface area contributed by atoms with Gasteiger partial charge in [0.05, 0.1) is 11.2 Å². The molecule has 1 aromatic carbocycles. The van der Waals surface area contributed by atoms with Gasteiger partial charge in [-0.2, -0.15) is 4.98 Å². The lowest BCUT2D eigenvalue weighted by Crippen LogP contribution is -2.07. The number of para-hydroxylation sites is 1. The largest absolute Gasteiger partial charge is 0.354 e. The van der Waals surface area contributed by atoms with Crippen molar-refractivity contribution in [2.24, 2.45) is 0 Å². The number of pyridine rings is 1. The molecule has 5 nitrogen and oxygen atoms in total. The fourth-order valence-corrected chi connectivity index (χ4v) is 2.63. The van der Waals surface area contributed by atoms with E-state index in [1.807, 2.05) is 31.2 Å². The summed E-state index contributed by atoms with van der Waals surface area (Å²) >= 11 is 0. The minimum Gasteiger partial charge on any atom is -0.354 e. The summed E-state index contributed by atoms with van der Waals surface area (Å²) in [6, 6.07) is 12.0. The van der Waals surface area contributed by atoms with E-state index in [2.05, 4.69) is 44.6 Å². The summed E-state index contributed by atoms with van der Waals surface area (Å²) in [4.78, 5) is 13.5. The first-order valence-corrected chi connectivity index (χ1v) is 8.46. The van der Waals surface area contributed by atoms with Crippen LogP contribution in [-0.2, 0) is 0 Å². The second-order valence-electron chi connectivity index (χ2n) is 5.86. The molecule has 0 fully saturated rings. The molecular weight excluding hydrogens is 298 g/mol. The van der Waals surface area contributed by atoms with Gasteiger partial charge < -0.3 is 10.6 Å². The maximum atomic E-state index is 4.57. The Balaban J connectivity index is 1.80. The van der Waals surface area contributed by atoms with Gasteiger partial charge in [0.25, 0.3) is 0 Å². The van der Waals surface area contributed by atoms with Crippen LogP contribution in [0.5, 0.6) is 0 Å². The molecule has 2 N–H and O–H groups in total. The topological polar surface area (TPSA) is 62.7 Å². The summed E-state index contributed by atoms with van der Waals surface area (Å²) < 4.78 is 0. The van der Waals surface area contributed by atoms with Gasteiger partial charge in [0, 0.05) is 29.9 Å². The molecule has 124 valence electrons. The highest BCUT2D eigenvalue weighted by atomic mass is 15.1. The van der Waals surface area contributed by atoms with Crippen LogP contribution in [0.4, 0.5) is 17.5 Å². The average Bonchev–Trinajstić information content (AvgIpc) is 2.59. The molecule has 5 heteroatoms. The smallest absolute Gasteiger partial charge is 0.224 e. The second-order valence-corrected chi connectivity index (χ2v) is 5.86. The minimum atomic E-state index is 0.668. The van der Waals surface area contributed by atoms with Crippen molar-refractivity contribution in [3.05, 3.63) is 48.3 Å². The molecule has 0 bridgehead atoms. The number of unbranched alkanes of at least 4 members (excludes halogenated alkanes) is 2. The Hall–Kier alpha value is -2.69. The molecule has 0 saturated heterocycles. The predicted octanol–water partition coefficient (Wildman–Crippen LogP) is 4.68. The lowest BCUT2D eigenvalue weighted by atomic mass is 10.2. The lowest BCUT2D eigenvalue weighted by Gasteiger charge is -2.11. The zero-order valence-corrected chi connectivity index (χ0v) is 14.2. The van der Waals surface area contributed by atoms with Crippen molar-refractivity contribution in [2.45, 2.75) is 33.1 Å². The molecule has 0 atom stereocenters. The quantitative estimate of drug-likeness (QED) is 0.619. The molecule has 0 aliphatic carbocycles. The number of hydrogen-bond acceptors (Lipinski definition) is 5. The fraction of sp³-hybridized carbons (Fsp3) is 0.316. The number of aromatic nitrogens is 3. The fourth-order valence-electron chi connectivity index (χ4n) is 2.63. The highest BCUT2D eigenvalue weighted by Gasteiger charge is 2.06. The average molecular weight is 321 g/mol. The molecule has 0 radical (unpaired) electrons. The van der Waals surface area contributed by atoms with Gasteiger partial charge in [-0.15, -0.1) is 0 Å².